The number of anilines is 2. The maximum Gasteiger partial charge on any atom is 0.194 e. The predicted molar refractivity (Wildman–Crippen MR) is 118 cm³/mol. The molecule has 0 spiro atoms. The molecule has 0 saturated carbocycles. The Kier molecular flexibility index (Phi) is 8.66. The van der Waals surface area contributed by atoms with Crippen molar-refractivity contribution in [2.45, 2.75) is 36.6 Å². The summed E-state index contributed by atoms with van der Waals surface area (Å²) in [5, 5.41) is 12.4. The number of hydrogen-bond acceptors (Lipinski definition) is 6. The predicted octanol–water partition coefficient (Wildman–Crippen LogP) is 3.71. The van der Waals surface area contributed by atoms with E-state index in [1.807, 2.05) is 0 Å². The van der Waals surface area contributed by atoms with E-state index in [0.717, 1.165) is 39.0 Å². The van der Waals surface area contributed by atoms with Crippen molar-refractivity contribution in [3.05, 3.63) is 34.0 Å². The highest BCUT2D eigenvalue weighted by molar-refractivity contribution is 9.10. The highest BCUT2D eigenvalue weighted by atomic mass is 79.9. The van der Waals surface area contributed by atoms with Crippen molar-refractivity contribution in [1.82, 2.24) is 15.6 Å². The molecule has 1 unspecified atom stereocenters. The monoisotopic (exact) mass is 489 g/mol. The summed E-state index contributed by atoms with van der Waals surface area (Å²) in [6, 6.07) is 3.54. The first-order valence-corrected chi connectivity index (χ1v) is 12.2. The molecule has 154 valence electrons. The lowest BCUT2D eigenvalue weighted by Crippen LogP contribution is -2.34. The molecule has 0 aliphatic carbocycles. The molecule has 1 aliphatic heterocycles. The van der Waals surface area contributed by atoms with Gasteiger partial charge >= 0.3 is 0 Å². The molecule has 4 N–H and O–H groups in total. The molecule has 1 fully saturated rings. The molecule has 28 heavy (non-hydrogen) atoms. The fraction of sp³-hybridized carbons (Fsp3) is 0.500. The Balaban J connectivity index is 1.40. The molecule has 0 amide bonds. The number of aromatic nitrogens is 1. The largest absolute Gasteiger partial charge is 0.384 e. The van der Waals surface area contributed by atoms with E-state index in [1.54, 1.807) is 17.6 Å². The summed E-state index contributed by atoms with van der Waals surface area (Å²) in [4.78, 5) is 4.10. The molecule has 2 atom stereocenters. The van der Waals surface area contributed by atoms with Crippen LogP contribution in [0.1, 0.15) is 25.7 Å². The summed E-state index contributed by atoms with van der Waals surface area (Å²) >= 11 is 4.75. The number of benzene rings is 1. The van der Waals surface area contributed by atoms with E-state index in [0.29, 0.717) is 21.3 Å². The number of hydrogen-bond donors (Lipinski definition) is 4. The minimum absolute atomic E-state index is 0.0948. The standard InChI is InChI=1S/C18H25BrFN5OS2/c19-14-10-17(28(26)25-18-24-8-9-27-18)15(20)11-16(14)23-6-2-1-5-21-12-13-4-3-7-22-13/h8-11,13,21-23H,1-7,12H2,(H,24,25)/t13-,28?/m0/s1. The van der Waals surface area contributed by atoms with Crippen molar-refractivity contribution in [1.29, 1.82) is 0 Å². The summed E-state index contributed by atoms with van der Waals surface area (Å²) in [7, 11) is -1.70. The lowest BCUT2D eigenvalue weighted by atomic mass is 10.2. The summed E-state index contributed by atoms with van der Waals surface area (Å²) in [6.07, 6.45) is 6.17. The number of rotatable bonds is 11. The average Bonchev–Trinajstić information content (AvgIpc) is 3.37. The van der Waals surface area contributed by atoms with Crippen LogP contribution in [0.2, 0.25) is 0 Å². The van der Waals surface area contributed by atoms with Gasteiger partial charge in [0.05, 0.1) is 10.6 Å². The second kappa shape index (κ2) is 11.2. The normalized spacial score (nSPS) is 17.6. The Morgan fingerprint density at radius 3 is 2.96 bits per heavy atom. The Labute approximate surface area is 179 Å². The van der Waals surface area contributed by atoms with Gasteiger partial charge in [-0.05, 0) is 66.8 Å². The van der Waals surface area contributed by atoms with Crippen molar-refractivity contribution in [3.63, 3.8) is 0 Å². The molecule has 2 aromatic rings. The van der Waals surface area contributed by atoms with Crippen LogP contribution in [0.4, 0.5) is 15.2 Å². The molecule has 10 heteroatoms. The van der Waals surface area contributed by atoms with Crippen LogP contribution in [-0.2, 0) is 11.0 Å². The van der Waals surface area contributed by atoms with Crippen LogP contribution in [0.3, 0.4) is 0 Å². The van der Waals surface area contributed by atoms with E-state index in [2.05, 4.69) is 41.6 Å². The van der Waals surface area contributed by atoms with E-state index >= 15 is 0 Å². The van der Waals surface area contributed by atoms with Crippen molar-refractivity contribution < 1.29 is 8.60 Å². The Bertz CT molecular complexity index is 772. The summed E-state index contributed by atoms with van der Waals surface area (Å²) in [6.45, 7) is 3.89. The third-order valence-electron chi connectivity index (χ3n) is 4.48. The van der Waals surface area contributed by atoms with Gasteiger partial charge in [-0.15, -0.1) is 11.3 Å². The van der Waals surface area contributed by atoms with Gasteiger partial charge in [-0.1, -0.05) is 0 Å². The van der Waals surface area contributed by atoms with Crippen LogP contribution < -0.4 is 20.7 Å². The van der Waals surface area contributed by atoms with Crippen molar-refractivity contribution in [2.75, 3.05) is 36.2 Å². The van der Waals surface area contributed by atoms with Gasteiger partial charge in [-0.2, -0.15) is 0 Å². The summed E-state index contributed by atoms with van der Waals surface area (Å²) in [5.74, 6) is -0.515. The van der Waals surface area contributed by atoms with Crippen LogP contribution in [0.15, 0.2) is 33.1 Å². The first-order chi connectivity index (χ1) is 13.6. The maximum absolute atomic E-state index is 14.4. The first-order valence-electron chi connectivity index (χ1n) is 9.38. The lowest BCUT2D eigenvalue weighted by molar-refractivity contribution is 0.526. The Morgan fingerprint density at radius 2 is 2.21 bits per heavy atom. The van der Waals surface area contributed by atoms with E-state index < -0.39 is 16.8 Å². The zero-order chi connectivity index (χ0) is 19.8. The van der Waals surface area contributed by atoms with Crippen LogP contribution in [-0.4, -0.2) is 41.4 Å². The van der Waals surface area contributed by atoms with Gasteiger partial charge in [0.2, 0.25) is 0 Å². The molecule has 6 nitrogen and oxygen atoms in total. The molecule has 1 aromatic heterocycles. The van der Waals surface area contributed by atoms with E-state index in [1.165, 1.54) is 30.2 Å². The maximum atomic E-state index is 14.4. The van der Waals surface area contributed by atoms with Crippen molar-refractivity contribution >= 4 is 49.1 Å². The first kappa shape index (κ1) is 21.6. The Hall–Kier alpha value is -1.07. The van der Waals surface area contributed by atoms with Crippen LogP contribution >= 0.6 is 27.3 Å². The SMILES string of the molecule is O=S(Nc1nccs1)c1cc(Br)c(NCCCCNC[C@@H]2CCCN2)cc1F. The third-order valence-corrected chi connectivity index (χ3v) is 7.05. The molecule has 1 aliphatic rings. The van der Waals surface area contributed by atoms with Gasteiger partial charge in [0, 0.05) is 35.2 Å². The number of halogens is 2. The quantitative estimate of drug-likeness (QED) is 0.362. The van der Waals surface area contributed by atoms with Gasteiger partial charge in [0.15, 0.2) is 16.1 Å². The number of nitrogens with one attached hydrogen (secondary N) is 4. The fourth-order valence-corrected chi connectivity index (χ4v) is 5.23. The minimum atomic E-state index is -1.70. The summed E-state index contributed by atoms with van der Waals surface area (Å²) in [5.41, 5.74) is 0.663. The molecule has 1 aromatic carbocycles. The molecule has 3 rings (SSSR count). The van der Waals surface area contributed by atoms with Gasteiger partial charge in [-0.3, -0.25) is 4.72 Å². The number of nitrogens with zero attached hydrogens (tertiary/aromatic N) is 1. The third kappa shape index (κ3) is 6.48. The van der Waals surface area contributed by atoms with Gasteiger partial charge in [0.1, 0.15) is 5.82 Å². The average molecular weight is 490 g/mol. The molecule has 2 heterocycles. The molecule has 0 bridgehead atoms. The van der Waals surface area contributed by atoms with Crippen molar-refractivity contribution in [2.24, 2.45) is 0 Å². The number of unbranched alkanes of at least 4 members (excludes halogenated alkanes) is 1. The van der Waals surface area contributed by atoms with E-state index in [-0.39, 0.29) is 4.90 Å². The lowest BCUT2D eigenvalue weighted by Gasteiger charge is -2.13. The zero-order valence-electron chi connectivity index (χ0n) is 15.5. The zero-order valence-corrected chi connectivity index (χ0v) is 18.7. The molecule has 0 radical (unpaired) electrons. The van der Waals surface area contributed by atoms with Crippen molar-refractivity contribution in [3.8, 4) is 0 Å². The fourth-order valence-electron chi connectivity index (χ4n) is 3.02. The number of thiazole rings is 1. The highest BCUT2D eigenvalue weighted by Crippen LogP contribution is 2.28. The second-order valence-electron chi connectivity index (χ2n) is 6.60. The van der Waals surface area contributed by atoms with E-state index in [4.69, 9.17) is 0 Å². The van der Waals surface area contributed by atoms with Crippen LogP contribution in [0.25, 0.3) is 0 Å². The van der Waals surface area contributed by atoms with Gasteiger partial charge in [0.25, 0.3) is 0 Å². The van der Waals surface area contributed by atoms with E-state index in [9.17, 15) is 8.60 Å². The molecule has 1 saturated heterocycles. The molecular weight excluding hydrogens is 465 g/mol. The second-order valence-corrected chi connectivity index (χ2v) is 9.53. The topological polar surface area (TPSA) is 78.1 Å². The Morgan fingerprint density at radius 1 is 1.36 bits per heavy atom. The highest BCUT2D eigenvalue weighted by Gasteiger charge is 2.15. The summed E-state index contributed by atoms with van der Waals surface area (Å²) < 4.78 is 30.1. The van der Waals surface area contributed by atoms with Crippen LogP contribution in [0, 0.1) is 5.82 Å². The molecular formula is C18H25BrFN5OS2. The van der Waals surface area contributed by atoms with Gasteiger partial charge in [-0.25, -0.2) is 13.6 Å². The minimum Gasteiger partial charge on any atom is -0.384 e. The smallest absolute Gasteiger partial charge is 0.194 e. The van der Waals surface area contributed by atoms with Gasteiger partial charge < -0.3 is 16.0 Å². The van der Waals surface area contributed by atoms with Crippen LogP contribution in [0.5, 0.6) is 0 Å².